The van der Waals surface area contributed by atoms with Gasteiger partial charge in [-0.3, -0.25) is 0 Å². The van der Waals surface area contributed by atoms with Crippen LogP contribution in [0.25, 0.3) is 0 Å². The van der Waals surface area contributed by atoms with Crippen LogP contribution in [0.15, 0.2) is 0 Å². The summed E-state index contributed by atoms with van der Waals surface area (Å²) in [5, 5.41) is 8.74. The zero-order valence-electron chi connectivity index (χ0n) is 4.95. The van der Waals surface area contributed by atoms with Gasteiger partial charge in [0.2, 0.25) is 0 Å². The third-order valence-electron chi connectivity index (χ3n) is 1.28. The van der Waals surface area contributed by atoms with E-state index < -0.39 is 15.1 Å². The highest BCUT2D eigenvalue weighted by Crippen LogP contribution is 2.19. The van der Waals surface area contributed by atoms with E-state index >= 15 is 0 Å². The Morgan fingerprint density at radius 3 is 2.44 bits per heavy atom. The average molecular weight is 150 g/mol. The second-order valence-corrected chi connectivity index (χ2v) is 4.43. The lowest BCUT2D eigenvalue weighted by Crippen LogP contribution is -2.45. The van der Waals surface area contributed by atoms with Gasteiger partial charge in [-0.05, 0) is 12.8 Å². The third kappa shape index (κ3) is 2.03. The van der Waals surface area contributed by atoms with Crippen molar-refractivity contribution in [2.24, 2.45) is 0 Å². The predicted octanol–water partition coefficient (Wildman–Crippen LogP) is -0.961. The molecule has 1 saturated heterocycles. The molecule has 1 unspecified atom stereocenters. The van der Waals surface area contributed by atoms with Gasteiger partial charge in [0.25, 0.3) is 0 Å². The van der Waals surface area contributed by atoms with E-state index in [0.29, 0.717) is 18.9 Å². The lowest BCUT2D eigenvalue weighted by molar-refractivity contribution is -0.0776. The molecule has 0 amide bonds. The smallest absolute Gasteiger partial charge is 0.390 e. The highest BCUT2D eigenvalue weighted by atomic mass is 28.4. The molecule has 1 heterocycles. The first kappa shape index (κ1) is 7.17. The SMILES string of the molecule is OC1CCC[Si](O)(O)O1. The van der Waals surface area contributed by atoms with Gasteiger partial charge in [0.15, 0.2) is 0 Å². The van der Waals surface area contributed by atoms with Gasteiger partial charge in [-0.15, -0.1) is 0 Å². The summed E-state index contributed by atoms with van der Waals surface area (Å²) in [6.45, 7) is 0. The molecule has 1 aliphatic rings. The lowest BCUT2D eigenvalue weighted by Gasteiger charge is -2.26. The molecular formula is C4H10O4Si. The highest BCUT2D eigenvalue weighted by Gasteiger charge is 2.38. The molecule has 1 rings (SSSR count). The van der Waals surface area contributed by atoms with Gasteiger partial charge in [-0.2, -0.15) is 0 Å². The van der Waals surface area contributed by atoms with Gasteiger partial charge in [0, 0.05) is 6.04 Å². The van der Waals surface area contributed by atoms with E-state index in [1.165, 1.54) is 0 Å². The van der Waals surface area contributed by atoms with Gasteiger partial charge in [0.1, 0.15) is 6.29 Å². The van der Waals surface area contributed by atoms with Crippen molar-refractivity contribution < 1.29 is 19.1 Å². The quantitative estimate of drug-likeness (QED) is 0.389. The Bertz CT molecular complexity index is 105. The van der Waals surface area contributed by atoms with Crippen LogP contribution in [0.5, 0.6) is 0 Å². The average Bonchev–Trinajstić information content (AvgIpc) is 1.60. The van der Waals surface area contributed by atoms with Crippen LogP contribution < -0.4 is 0 Å². The van der Waals surface area contributed by atoms with Gasteiger partial charge in [0.05, 0.1) is 0 Å². The standard InChI is InChI=1S/C4H10O4Si/c5-4-2-1-3-9(6,7)8-4/h4-7H,1-3H2. The molecule has 0 bridgehead atoms. The summed E-state index contributed by atoms with van der Waals surface area (Å²) in [4.78, 5) is 17.7. The van der Waals surface area contributed by atoms with E-state index in [0.717, 1.165) is 0 Å². The molecule has 54 valence electrons. The van der Waals surface area contributed by atoms with E-state index in [2.05, 4.69) is 4.43 Å². The predicted molar refractivity (Wildman–Crippen MR) is 31.3 cm³/mol. The monoisotopic (exact) mass is 150 g/mol. The second kappa shape index (κ2) is 2.35. The number of aliphatic hydroxyl groups is 1. The minimum Gasteiger partial charge on any atom is -0.390 e. The minimum absolute atomic E-state index is 0.310. The van der Waals surface area contributed by atoms with Crippen LogP contribution in [0.3, 0.4) is 0 Å². The van der Waals surface area contributed by atoms with Crippen LogP contribution >= 0.6 is 0 Å². The summed E-state index contributed by atoms with van der Waals surface area (Å²) in [5.74, 6) is 0. The maximum Gasteiger partial charge on any atom is 0.497 e. The normalized spacial score (nSPS) is 34.3. The maximum atomic E-state index is 8.86. The Hall–Kier alpha value is 0.0569. The Kier molecular flexibility index (Phi) is 1.87. The van der Waals surface area contributed by atoms with Crippen molar-refractivity contribution in [1.29, 1.82) is 0 Å². The second-order valence-electron chi connectivity index (χ2n) is 2.21. The van der Waals surface area contributed by atoms with E-state index in [1.807, 2.05) is 0 Å². The van der Waals surface area contributed by atoms with Gasteiger partial charge in [-0.1, -0.05) is 0 Å². The fraction of sp³-hybridized carbons (Fsp3) is 1.00. The molecule has 0 aliphatic carbocycles. The molecule has 5 heteroatoms. The van der Waals surface area contributed by atoms with Crippen LogP contribution in [-0.4, -0.2) is 29.8 Å². The van der Waals surface area contributed by atoms with Crippen LogP contribution in [-0.2, 0) is 4.43 Å². The molecule has 0 saturated carbocycles. The van der Waals surface area contributed by atoms with Crippen molar-refractivity contribution in [3.63, 3.8) is 0 Å². The van der Waals surface area contributed by atoms with Crippen molar-refractivity contribution in [2.75, 3.05) is 0 Å². The number of hydrogen-bond donors (Lipinski definition) is 3. The van der Waals surface area contributed by atoms with Crippen molar-refractivity contribution >= 4 is 8.80 Å². The largest absolute Gasteiger partial charge is 0.497 e. The Morgan fingerprint density at radius 1 is 1.44 bits per heavy atom. The summed E-state index contributed by atoms with van der Waals surface area (Å²) >= 11 is 0. The molecule has 0 aromatic heterocycles. The third-order valence-corrected chi connectivity index (χ3v) is 2.93. The van der Waals surface area contributed by atoms with Crippen LogP contribution in [0.4, 0.5) is 0 Å². The van der Waals surface area contributed by atoms with E-state index in [1.54, 1.807) is 0 Å². The van der Waals surface area contributed by atoms with Gasteiger partial charge >= 0.3 is 8.80 Å². The number of aliphatic hydroxyl groups excluding tert-OH is 1. The molecule has 4 nitrogen and oxygen atoms in total. The first-order chi connectivity index (χ1) is 4.10. The van der Waals surface area contributed by atoms with Crippen molar-refractivity contribution in [1.82, 2.24) is 0 Å². The highest BCUT2D eigenvalue weighted by molar-refractivity contribution is 6.57. The molecule has 1 fully saturated rings. The molecule has 0 aromatic rings. The van der Waals surface area contributed by atoms with E-state index in [-0.39, 0.29) is 0 Å². The Balaban J connectivity index is 2.41. The molecule has 0 radical (unpaired) electrons. The fourth-order valence-corrected chi connectivity index (χ4v) is 2.18. The van der Waals surface area contributed by atoms with Crippen LogP contribution in [0, 0.1) is 0 Å². The van der Waals surface area contributed by atoms with Crippen molar-refractivity contribution in [3.8, 4) is 0 Å². The molecule has 3 N–H and O–H groups in total. The fourth-order valence-electron chi connectivity index (χ4n) is 0.843. The van der Waals surface area contributed by atoms with Crippen LogP contribution in [0.2, 0.25) is 6.04 Å². The molecular weight excluding hydrogens is 140 g/mol. The summed E-state index contributed by atoms with van der Waals surface area (Å²) in [6, 6.07) is 0.310. The number of hydrogen-bond acceptors (Lipinski definition) is 4. The summed E-state index contributed by atoms with van der Waals surface area (Å²) in [7, 11) is -3.40. The Labute approximate surface area is 54.1 Å². The minimum atomic E-state index is -3.40. The molecule has 1 atom stereocenters. The summed E-state index contributed by atoms with van der Waals surface area (Å²) < 4.78 is 4.48. The summed E-state index contributed by atoms with van der Waals surface area (Å²) in [6.07, 6.45) is 0.191. The molecule has 0 aromatic carbocycles. The lowest BCUT2D eigenvalue weighted by atomic mass is 10.3. The molecule has 0 spiro atoms. The Morgan fingerprint density at radius 2 is 2.11 bits per heavy atom. The first-order valence-corrected chi connectivity index (χ1v) is 4.92. The molecule has 9 heavy (non-hydrogen) atoms. The van der Waals surface area contributed by atoms with Crippen molar-refractivity contribution in [3.05, 3.63) is 0 Å². The number of rotatable bonds is 0. The topological polar surface area (TPSA) is 69.9 Å². The summed E-state index contributed by atoms with van der Waals surface area (Å²) in [5.41, 5.74) is 0. The van der Waals surface area contributed by atoms with Gasteiger partial charge < -0.3 is 19.1 Å². The zero-order chi connectivity index (χ0) is 6.91. The first-order valence-electron chi connectivity index (χ1n) is 2.91. The van der Waals surface area contributed by atoms with Gasteiger partial charge in [-0.25, -0.2) is 0 Å². The maximum absolute atomic E-state index is 8.86. The van der Waals surface area contributed by atoms with Crippen molar-refractivity contribution in [2.45, 2.75) is 25.2 Å². The van der Waals surface area contributed by atoms with Crippen LogP contribution in [0.1, 0.15) is 12.8 Å². The zero-order valence-corrected chi connectivity index (χ0v) is 5.95. The van der Waals surface area contributed by atoms with E-state index in [4.69, 9.17) is 14.7 Å². The molecule has 1 aliphatic heterocycles. The van der Waals surface area contributed by atoms with E-state index in [9.17, 15) is 0 Å².